The second-order valence-corrected chi connectivity index (χ2v) is 13.7. The van der Waals surface area contributed by atoms with Crippen molar-refractivity contribution in [3.05, 3.63) is 160 Å². The standard InChI is InChI=1S/C44H32N2O2/c1-25-17-33(18-26(2)45-25)46-39-16-14-32-19-27(20-37-42(47)35-21-28-9-5-6-10-29(28)22-36(35)43(37)48)13-15-34(32)41(39)44(3,4)38-23-30-11-7-8-12-31(30)24-40(38)46/h5-24H,1-4H3. The number of nitrogens with zero attached hydrogens (tertiary/aromatic N) is 2. The number of fused-ring (bicyclic) bond motifs is 7. The predicted octanol–water partition coefficient (Wildman–Crippen LogP) is 10.7. The van der Waals surface area contributed by atoms with Gasteiger partial charge in [0.15, 0.2) is 11.6 Å². The van der Waals surface area contributed by atoms with Crippen molar-refractivity contribution in [3.8, 4) is 0 Å². The molecule has 2 heterocycles. The number of carbonyl (C=O) groups is 2. The highest BCUT2D eigenvalue weighted by Crippen LogP contribution is 2.55. The van der Waals surface area contributed by atoms with Gasteiger partial charge in [0.05, 0.1) is 16.9 Å². The van der Waals surface area contributed by atoms with Gasteiger partial charge >= 0.3 is 0 Å². The van der Waals surface area contributed by atoms with Crippen molar-refractivity contribution in [2.75, 3.05) is 4.90 Å². The van der Waals surface area contributed by atoms with Crippen LogP contribution < -0.4 is 4.90 Å². The van der Waals surface area contributed by atoms with Gasteiger partial charge in [-0.2, -0.15) is 0 Å². The number of aryl methyl sites for hydroxylation is 2. The van der Waals surface area contributed by atoms with Crippen LogP contribution >= 0.6 is 0 Å². The molecule has 48 heavy (non-hydrogen) atoms. The van der Waals surface area contributed by atoms with Crippen molar-refractivity contribution in [3.63, 3.8) is 0 Å². The maximum atomic E-state index is 13.5. The summed E-state index contributed by atoms with van der Waals surface area (Å²) in [5, 5.41) is 6.53. The van der Waals surface area contributed by atoms with Gasteiger partial charge < -0.3 is 4.90 Å². The lowest BCUT2D eigenvalue weighted by molar-refractivity contribution is 0.0990. The molecule has 0 saturated carbocycles. The van der Waals surface area contributed by atoms with E-state index < -0.39 is 0 Å². The number of aromatic nitrogens is 1. The Morgan fingerprint density at radius 1 is 0.604 bits per heavy atom. The van der Waals surface area contributed by atoms with E-state index >= 15 is 0 Å². The second-order valence-electron chi connectivity index (χ2n) is 13.7. The van der Waals surface area contributed by atoms with Crippen molar-refractivity contribution in [2.45, 2.75) is 33.1 Å². The van der Waals surface area contributed by atoms with Gasteiger partial charge in [-0.1, -0.05) is 80.6 Å². The van der Waals surface area contributed by atoms with Crippen LogP contribution in [0.1, 0.15) is 62.6 Å². The molecule has 1 aliphatic carbocycles. The first-order valence-corrected chi connectivity index (χ1v) is 16.4. The molecule has 0 bridgehead atoms. The van der Waals surface area contributed by atoms with Crippen LogP contribution in [0.5, 0.6) is 0 Å². The third-order valence-corrected chi connectivity index (χ3v) is 10.2. The molecule has 6 aromatic carbocycles. The molecule has 1 aromatic heterocycles. The average Bonchev–Trinajstić information content (AvgIpc) is 3.29. The molecule has 0 spiro atoms. The van der Waals surface area contributed by atoms with Gasteiger partial charge in [-0.3, -0.25) is 14.6 Å². The number of Topliss-reactive ketones (excluding diaryl/α,β-unsaturated/α-hetero) is 2. The highest BCUT2D eigenvalue weighted by atomic mass is 16.2. The van der Waals surface area contributed by atoms with Crippen LogP contribution in [-0.2, 0) is 5.41 Å². The molecule has 230 valence electrons. The molecule has 4 nitrogen and oxygen atoms in total. The van der Waals surface area contributed by atoms with Gasteiger partial charge in [-0.05, 0) is 117 Å². The normalized spacial score (nSPS) is 14.8. The van der Waals surface area contributed by atoms with E-state index in [0.717, 1.165) is 49.9 Å². The number of carbonyl (C=O) groups excluding carboxylic acids is 2. The third-order valence-electron chi connectivity index (χ3n) is 10.2. The van der Waals surface area contributed by atoms with Gasteiger partial charge in [0.1, 0.15) is 0 Å². The van der Waals surface area contributed by atoms with E-state index in [4.69, 9.17) is 0 Å². The Hall–Kier alpha value is -5.87. The van der Waals surface area contributed by atoms with Gasteiger partial charge in [-0.25, -0.2) is 0 Å². The molecule has 1 aliphatic heterocycles. The first kappa shape index (κ1) is 28.4. The van der Waals surface area contributed by atoms with Gasteiger partial charge in [0.2, 0.25) is 0 Å². The minimum absolute atomic E-state index is 0.213. The number of hydrogen-bond acceptors (Lipinski definition) is 4. The summed E-state index contributed by atoms with van der Waals surface area (Å²) in [6.07, 6.45) is 1.76. The summed E-state index contributed by atoms with van der Waals surface area (Å²) in [5.74, 6) is -0.426. The van der Waals surface area contributed by atoms with E-state index in [1.165, 1.54) is 27.6 Å². The summed E-state index contributed by atoms with van der Waals surface area (Å²) in [5.41, 5.74) is 9.52. The second kappa shape index (κ2) is 10.1. The van der Waals surface area contributed by atoms with Crippen molar-refractivity contribution in [1.82, 2.24) is 4.98 Å². The summed E-state index contributed by atoms with van der Waals surface area (Å²) in [4.78, 5) is 34.1. The third kappa shape index (κ3) is 4.12. The highest BCUT2D eigenvalue weighted by molar-refractivity contribution is 6.42. The number of ketones is 2. The Bertz CT molecular complexity index is 2530. The first-order chi connectivity index (χ1) is 23.2. The number of hydrogen-bond donors (Lipinski definition) is 0. The molecule has 7 aromatic rings. The summed E-state index contributed by atoms with van der Waals surface area (Å²) in [6, 6.07) is 39.7. The molecule has 4 heteroatoms. The fourth-order valence-electron chi connectivity index (χ4n) is 7.97. The van der Waals surface area contributed by atoms with Gasteiger partial charge in [0.25, 0.3) is 0 Å². The van der Waals surface area contributed by atoms with Crippen LogP contribution in [0.3, 0.4) is 0 Å². The molecule has 0 N–H and O–H groups in total. The Balaban J connectivity index is 1.22. The molecule has 0 atom stereocenters. The number of allylic oxidation sites excluding steroid dienone is 1. The molecule has 0 unspecified atom stereocenters. The van der Waals surface area contributed by atoms with Crippen LogP contribution in [0.25, 0.3) is 38.4 Å². The monoisotopic (exact) mass is 620 g/mol. The summed E-state index contributed by atoms with van der Waals surface area (Å²) in [7, 11) is 0. The molecule has 0 amide bonds. The molecular formula is C44H32N2O2. The molecule has 0 saturated heterocycles. The number of pyridine rings is 1. The summed E-state index contributed by atoms with van der Waals surface area (Å²) < 4.78 is 0. The van der Waals surface area contributed by atoms with Crippen molar-refractivity contribution < 1.29 is 9.59 Å². The zero-order chi connectivity index (χ0) is 32.9. The van der Waals surface area contributed by atoms with Gasteiger partial charge in [0, 0.05) is 33.6 Å². The largest absolute Gasteiger partial charge is 0.310 e. The fraction of sp³-hybridized carbons (Fsp3) is 0.114. The maximum absolute atomic E-state index is 13.5. The van der Waals surface area contributed by atoms with E-state index in [2.05, 4.69) is 96.5 Å². The van der Waals surface area contributed by atoms with E-state index in [1.54, 1.807) is 6.08 Å². The fourth-order valence-corrected chi connectivity index (χ4v) is 7.97. The molecule has 9 rings (SSSR count). The quantitative estimate of drug-likeness (QED) is 0.143. The molecule has 0 fully saturated rings. The number of anilines is 3. The summed E-state index contributed by atoms with van der Waals surface area (Å²) in [6.45, 7) is 8.71. The molecule has 2 aliphatic rings. The zero-order valence-electron chi connectivity index (χ0n) is 27.3. The van der Waals surface area contributed by atoms with Crippen LogP contribution in [0.4, 0.5) is 17.1 Å². The Morgan fingerprint density at radius 3 is 1.81 bits per heavy atom. The van der Waals surface area contributed by atoms with Crippen molar-refractivity contribution in [2.24, 2.45) is 0 Å². The van der Waals surface area contributed by atoms with Crippen LogP contribution in [-0.4, -0.2) is 16.6 Å². The van der Waals surface area contributed by atoms with Crippen LogP contribution in [0, 0.1) is 13.8 Å². The lowest BCUT2D eigenvalue weighted by Crippen LogP contribution is -2.31. The van der Waals surface area contributed by atoms with E-state index in [-0.39, 0.29) is 22.6 Å². The maximum Gasteiger partial charge on any atom is 0.197 e. The Kier molecular flexibility index (Phi) is 5.95. The van der Waals surface area contributed by atoms with Crippen molar-refractivity contribution >= 4 is 67.0 Å². The van der Waals surface area contributed by atoms with E-state index in [9.17, 15) is 9.59 Å². The Morgan fingerprint density at radius 2 is 1.19 bits per heavy atom. The lowest BCUT2D eigenvalue weighted by Gasteiger charge is -2.43. The molecule has 0 radical (unpaired) electrons. The average molecular weight is 621 g/mol. The Labute approximate surface area is 279 Å². The van der Waals surface area contributed by atoms with Gasteiger partial charge in [-0.15, -0.1) is 0 Å². The minimum atomic E-state index is -0.317. The van der Waals surface area contributed by atoms with E-state index in [0.29, 0.717) is 11.1 Å². The van der Waals surface area contributed by atoms with Crippen molar-refractivity contribution in [1.29, 1.82) is 0 Å². The number of rotatable bonds is 2. The van der Waals surface area contributed by atoms with Crippen LogP contribution in [0.15, 0.2) is 121 Å². The summed E-state index contributed by atoms with van der Waals surface area (Å²) >= 11 is 0. The topological polar surface area (TPSA) is 50.3 Å². The highest BCUT2D eigenvalue weighted by Gasteiger charge is 2.39. The first-order valence-electron chi connectivity index (χ1n) is 16.4. The smallest absolute Gasteiger partial charge is 0.197 e. The van der Waals surface area contributed by atoms with E-state index in [1.807, 2.05) is 56.3 Å². The minimum Gasteiger partial charge on any atom is -0.310 e. The zero-order valence-corrected chi connectivity index (χ0v) is 27.3. The number of benzene rings is 6. The SMILES string of the molecule is Cc1cc(N2c3cc4ccccc4cc3C(C)(C)c3c2ccc2cc(C=C4C(=O)c5cc6ccccc6cc5C4=O)ccc32)cc(C)n1. The predicted molar refractivity (Wildman–Crippen MR) is 196 cm³/mol. The lowest BCUT2D eigenvalue weighted by atomic mass is 9.71. The molecular weight excluding hydrogens is 588 g/mol. The van der Waals surface area contributed by atoms with Crippen LogP contribution in [0.2, 0.25) is 0 Å².